The van der Waals surface area contributed by atoms with Crippen LogP contribution in [0.3, 0.4) is 0 Å². The number of nitrogens with one attached hydrogen (secondary N) is 2. The molecule has 0 aromatic heterocycles. The molecule has 1 fully saturated rings. The zero-order valence-corrected chi connectivity index (χ0v) is 19.7. The van der Waals surface area contributed by atoms with Gasteiger partial charge >= 0.3 is 0 Å². The Balaban J connectivity index is 0.00000392. The summed E-state index contributed by atoms with van der Waals surface area (Å²) in [5.74, 6) is 0.885. The number of rotatable bonds is 8. The Bertz CT molecular complexity index is 696. The Labute approximate surface area is 184 Å². The van der Waals surface area contributed by atoms with Crippen molar-refractivity contribution in [3.63, 3.8) is 0 Å². The third-order valence-electron chi connectivity index (χ3n) is 5.63. The predicted octanol–water partition coefficient (Wildman–Crippen LogP) is 2.43. The first-order valence-corrected chi connectivity index (χ1v) is 9.32. The number of hydrogen-bond donors (Lipinski definition) is 3. The lowest BCUT2D eigenvalue weighted by Gasteiger charge is -2.59. The highest BCUT2D eigenvalue weighted by Crippen LogP contribution is 2.51. The first-order chi connectivity index (χ1) is 12.7. The molecule has 158 valence electrons. The van der Waals surface area contributed by atoms with Crippen LogP contribution in [0, 0.1) is 5.41 Å². The second-order valence-electron chi connectivity index (χ2n) is 7.66. The Morgan fingerprint density at radius 3 is 2.64 bits per heavy atom. The minimum Gasteiger partial charge on any atom is -0.484 e. The van der Waals surface area contributed by atoms with Crippen LogP contribution in [0.1, 0.15) is 39.7 Å². The van der Waals surface area contributed by atoms with E-state index >= 15 is 0 Å². The van der Waals surface area contributed by atoms with Gasteiger partial charge in [0.1, 0.15) is 5.75 Å². The molecule has 0 bridgehead atoms. The number of amides is 1. The highest BCUT2D eigenvalue weighted by Gasteiger charge is 2.58. The van der Waals surface area contributed by atoms with Crippen molar-refractivity contribution < 1.29 is 14.3 Å². The molecule has 0 radical (unpaired) electrons. The van der Waals surface area contributed by atoms with Crippen molar-refractivity contribution in [3.8, 4) is 5.75 Å². The molecule has 1 aliphatic rings. The molecule has 2 rings (SSSR count). The molecular weight excluding hydrogens is 471 g/mol. The van der Waals surface area contributed by atoms with Gasteiger partial charge in [0.15, 0.2) is 12.6 Å². The third kappa shape index (κ3) is 5.73. The summed E-state index contributed by atoms with van der Waals surface area (Å²) in [6.07, 6.45) is 0.928. The van der Waals surface area contributed by atoms with Crippen LogP contribution in [-0.4, -0.2) is 43.8 Å². The zero-order chi connectivity index (χ0) is 20.1. The number of methoxy groups -OCH3 is 1. The lowest BCUT2D eigenvalue weighted by atomic mass is 9.56. The van der Waals surface area contributed by atoms with Crippen LogP contribution in [0.5, 0.6) is 5.75 Å². The molecular formula is C20H33IN4O3. The van der Waals surface area contributed by atoms with Crippen molar-refractivity contribution in [1.29, 1.82) is 0 Å². The standard InChI is InChI=1S/C20H32N4O3.HI/c1-6-22-18(24-16-11-20(4,26-5)19(16,2)3)23-12-14-8-7-9-15(10-14)27-13-17(21)25;/h7-10,16H,6,11-13H2,1-5H3,(H2,21,25)(H2,22,23,24);1H. The smallest absolute Gasteiger partial charge is 0.255 e. The second-order valence-corrected chi connectivity index (χ2v) is 7.66. The van der Waals surface area contributed by atoms with Gasteiger partial charge in [-0.2, -0.15) is 0 Å². The van der Waals surface area contributed by atoms with E-state index in [4.69, 9.17) is 15.2 Å². The summed E-state index contributed by atoms with van der Waals surface area (Å²) in [7, 11) is 1.77. The molecule has 1 aromatic rings. The van der Waals surface area contributed by atoms with E-state index in [-0.39, 0.29) is 47.6 Å². The van der Waals surface area contributed by atoms with Crippen LogP contribution in [0.15, 0.2) is 29.3 Å². The van der Waals surface area contributed by atoms with Gasteiger partial charge in [0, 0.05) is 25.1 Å². The third-order valence-corrected chi connectivity index (χ3v) is 5.63. The van der Waals surface area contributed by atoms with Crippen LogP contribution < -0.4 is 21.1 Å². The SMILES string of the molecule is CCNC(=NCc1cccc(OCC(N)=O)c1)NC1CC(C)(OC)C1(C)C.I. The van der Waals surface area contributed by atoms with Gasteiger partial charge in [-0.1, -0.05) is 26.0 Å². The van der Waals surface area contributed by atoms with Gasteiger partial charge in [0.2, 0.25) is 0 Å². The van der Waals surface area contributed by atoms with Crippen LogP contribution in [0.25, 0.3) is 0 Å². The van der Waals surface area contributed by atoms with Crippen LogP contribution >= 0.6 is 24.0 Å². The average molecular weight is 504 g/mol. The number of nitrogens with zero attached hydrogens (tertiary/aromatic N) is 1. The number of nitrogens with two attached hydrogens (primary N) is 1. The molecule has 1 aliphatic carbocycles. The maximum atomic E-state index is 10.9. The zero-order valence-electron chi connectivity index (χ0n) is 17.4. The molecule has 0 saturated heterocycles. The number of carbonyl (C=O) groups excluding carboxylic acids is 1. The van der Waals surface area contributed by atoms with E-state index in [1.165, 1.54) is 0 Å². The van der Waals surface area contributed by atoms with Crippen molar-refractivity contribution in [2.75, 3.05) is 20.3 Å². The van der Waals surface area contributed by atoms with Gasteiger partial charge in [0.25, 0.3) is 5.91 Å². The molecule has 28 heavy (non-hydrogen) atoms. The predicted molar refractivity (Wildman–Crippen MR) is 122 cm³/mol. The lowest BCUT2D eigenvalue weighted by Crippen LogP contribution is -2.69. The lowest BCUT2D eigenvalue weighted by molar-refractivity contribution is -0.176. The summed E-state index contributed by atoms with van der Waals surface area (Å²) >= 11 is 0. The van der Waals surface area contributed by atoms with E-state index in [1.807, 2.05) is 25.1 Å². The number of primary amides is 1. The van der Waals surface area contributed by atoms with E-state index in [0.29, 0.717) is 12.3 Å². The van der Waals surface area contributed by atoms with E-state index in [2.05, 4.69) is 36.4 Å². The fourth-order valence-electron chi connectivity index (χ4n) is 3.27. The molecule has 1 aromatic carbocycles. The van der Waals surface area contributed by atoms with Crippen molar-refractivity contribution in [2.45, 2.75) is 52.3 Å². The fourth-order valence-corrected chi connectivity index (χ4v) is 3.27. The Hall–Kier alpha value is -1.55. The Kier molecular flexibility index (Phi) is 9.00. The number of hydrogen-bond acceptors (Lipinski definition) is 4. The quantitative estimate of drug-likeness (QED) is 0.287. The summed E-state index contributed by atoms with van der Waals surface area (Å²) in [4.78, 5) is 15.5. The van der Waals surface area contributed by atoms with E-state index in [0.717, 1.165) is 24.5 Å². The largest absolute Gasteiger partial charge is 0.484 e. The van der Waals surface area contributed by atoms with Crippen molar-refractivity contribution in [2.24, 2.45) is 16.1 Å². The average Bonchev–Trinajstić information content (AvgIpc) is 2.64. The summed E-state index contributed by atoms with van der Waals surface area (Å²) in [5.41, 5.74) is 5.97. The summed E-state index contributed by atoms with van der Waals surface area (Å²) < 4.78 is 11.0. The van der Waals surface area contributed by atoms with Gasteiger partial charge in [0.05, 0.1) is 12.1 Å². The van der Waals surface area contributed by atoms with Gasteiger partial charge in [-0.05, 0) is 38.0 Å². The minimum absolute atomic E-state index is 0. The van der Waals surface area contributed by atoms with Crippen LogP contribution in [0.4, 0.5) is 0 Å². The van der Waals surface area contributed by atoms with Crippen molar-refractivity contribution in [1.82, 2.24) is 10.6 Å². The van der Waals surface area contributed by atoms with Gasteiger partial charge < -0.3 is 25.8 Å². The number of aliphatic imine (C=N–C) groups is 1. The summed E-state index contributed by atoms with van der Waals surface area (Å²) in [6, 6.07) is 7.79. The number of halogens is 1. The van der Waals surface area contributed by atoms with Crippen LogP contribution in [-0.2, 0) is 16.1 Å². The van der Waals surface area contributed by atoms with Crippen molar-refractivity contribution in [3.05, 3.63) is 29.8 Å². The first kappa shape index (κ1) is 24.5. The number of carbonyl (C=O) groups is 1. The Morgan fingerprint density at radius 2 is 2.07 bits per heavy atom. The van der Waals surface area contributed by atoms with Crippen molar-refractivity contribution >= 4 is 35.8 Å². The summed E-state index contributed by atoms with van der Waals surface area (Å²) in [5, 5.41) is 6.82. The highest BCUT2D eigenvalue weighted by molar-refractivity contribution is 14.0. The molecule has 1 saturated carbocycles. The van der Waals surface area contributed by atoms with E-state index in [9.17, 15) is 4.79 Å². The van der Waals surface area contributed by atoms with E-state index in [1.54, 1.807) is 13.2 Å². The monoisotopic (exact) mass is 504 g/mol. The fraction of sp³-hybridized carbons (Fsp3) is 0.600. The van der Waals surface area contributed by atoms with Gasteiger partial charge in [-0.3, -0.25) is 4.79 Å². The maximum absolute atomic E-state index is 10.9. The molecule has 0 aliphatic heterocycles. The second kappa shape index (κ2) is 10.3. The van der Waals surface area contributed by atoms with Gasteiger partial charge in [-0.25, -0.2) is 4.99 Å². The summed E-state index contributed by atoms with van der Waals surface area (Å²) in [6.45, 7) is 9.75. The molecule has 8 heteroatoms. The normalized spacial score (nSPS) is 23.2. The van der Waals surface area contributed by atoms with Crippen LogP contribution in [0.2, 0.25) is 0 Å². The minimum atomic E-state index is -0.497. The first-order valence-electron chi connectivity index (χ1n) is 9.32. The van der Waals surface area contributed by atoms with Gasteiger partial charge in [-0.15, -0.1) is 24.0 Å². The molecule has 1 amide bonds. The molecule has 0 heterocycles. The Morgan fingerprint density at radius 1 is 1.36 bits per heavy atom. The molecule has 2 unspecified atom stereocenters. The number of guanidine groups is 1. The molecule has 0 spiro atoms. The maximum Gasteiger partial charge on any atom is 0.255 e. The number of benzene rings is 1. The molecule has 7 nitrogen and oxygen atoms in total. The highest BCUT2D eigenvalue weighted by atomic mass is 127. The molecule has 4 N–H and O–H groups in total. The topological polar surface area (TPSA) is 98.0 Å². The van der Waals surface area contributed by atoms with E-state index < -0.39 is 5.91 Å². The molecule has 2 atom stereocenters. The number of ether oxygens (including phenoxy) is 2.